The SMILES string of the molecule is CC(C)(C)OC(=O)N1CC(Oc2cc(Cl)ccc2OCCc2cccc(C(F)(F)F)c2)C1. The van der Waals surface area contributed by atoms with Gasteiger partial charge in [-0.1, -0.05) is 29.8 Å². The van der Waals surface area contributed by atoms with E-state index in [0.717, 1.165) is 12.1 Å². The van der Waals surface area contributed by atoms with E-state index in [1.165, 1.54) is 11.0 Å². The summed E-state index contributed by atoms with van der Waals surface area (Å²) in [6.45, 7) is 6.29. The fourth-order valence-corrected chi connectivity index (χ4v) is 3.21. The van der Waals surface area contributed by atoms with Gasteiger partial charge in [-0.25, -0.2) is 4.79 Å². The van der Waals surface area contributed by atoms with Crippen molar-refractivity contribution in [3.05, 3.63) is 58.6 Å². The molecule has 9 heteroatoms. The maximum absolute atomic E-state index is 12.9. The minimum Gasteiger partial charge on any atom is -0.489 e. The molecule has 32 heavy (non-hydrogen) atoms. The highest BCUT2D eigenvalue weighted by molar-refractivity contribution is 6.30. The second kappa shape index (κ2) is 9.48. The first-order valence-corrected chi connectivity index (χ1v) is 10.5. The molecule has 0 bridgehead atoms. The summed E-state index contributed by atoms with van der Waals surface area (Å²) in [7, 11) is 0. The van der Waals surface area contributed by atoms with Gasteiger partial charge in [0.05, 0.1) is 25.3 Å². The lowest BCUT2D eigenvalue weighted by Crippen LogP contribution is -2.57. The minimum absolute atomic E-state index is 0.161. The van der Waals surface area contributed by atoms with Crippen molar-refractivity contribution < 1.29 is 32.2 Å². The van der Waals surface area contributed by atoms with Crippen LogP contribution in [0.2, 0.25) is 5.02 Å². The average molecular weight is 472 g/mol. The average Bonchev–Trinajstić information content (AvgIpc) is 2.64. The zero-order chi connectivity index (χ0) is 23.5. The molecule has 5 nitrogen and oxygen atoms in total. The monoisotopic (exact) mass is 471 g/mol. The molecule has 1 saturated heterocycles. The van der Waals surface area contributed by atoms with Crippen molar-refractivity contribution in [3.8, 4) is 11.5 Å². The van der Waals surface area contributed by atoms with E-state index in [9.17, 15) is 18.0 Å². The van der Waals surface area contributed by atoms with Crippen LogP contribution in [0.15, 0.2) is 42.5 Å². The predicted octanol–water partition coefficient (Wildman–Crippen LogP) is 5.98. The number of rotatable bonds is 6. The summed E-state index contributed by atoms with van der Waals surface area (Å²) in [4.78, 5) is 13.6. The first-order valence-electron chi connectivity index (χ1n) is 10.1. The maximum atomic E-state index is 12.9. The van der Waals surface area contributed by atoms with E-state index in [0.29, 0.717) is 41.6 Å². The summed E-state index contributed by atoms with van der Waals surface area (Å²) < 4.78 is 55.6. The van der Waals surface area contributed by atoms with Crippen LogP contribution in [0, 0.1) is 0 Å². The Kier molecular flexibility index (Phi) is 7.12. The molecule has 1 heterocycles. The molecule has 0 aromatic heterocycles. The number of carbonyl (C=O) groups excluding carboxylic acids is 1. The van der Waals surface area contributed by atoms with Crippen molar-refractivity contribution in [2.75, 3.05) is 19.7 Å². The normalized spacial score (nSPS) is 14.7. The Labute approximate surface area is 190 Å². The van der Waals surface area contributed by atoms with E-state index >= 15 is 0 Å². The molecule has 0 N–H and O–H groups in total. The summed E-state index contributed by atoms with van der Waals surface area (Å²) in [5.74, 6) is 0.840. The number of hydrogen-bond acceptors (Lipinski definition) is 4. The van der Waals surface area contributed by atoms with Crippen molar-refractivity contribution in [2.24, 2.45) is 0 Å². The lowest BCUT2D eigenvalue weighted by Gasteiger charge is -2.39. The molecular weight excluding hydrogens is 447 g/mol. The van der Waals surface area contributed by atoms with Crippen LogP contribution < -0.4 is 9.47 Å². The van der Waals surface area contributed by atoms with E-state index in [1.807, 2.05) is 0 Å². The number of hydrogen-bond donors (Lipinski definition) is 0. The fourth-order valence-electron chi connectivity index (χ4n) is 3.04. The highest BCUT2D eigenvalue weighted by atomic mass is 35.5. The molecule has 1 amide bonds. The van der Waals surface area contributed by atoms with Gasteiger partial charge in [0.25, 0.3) is 0 Å². The molecule has 0 saturated carbocycles. The smallest absolute Gasteiger partial charge is 0.416 e. The topological polar surface area (TPSA) is 48.0 Å². The van der Waals surface area contributed by atoms with Crippen molar-refractivity contribution in [3.63, 3.8) is 0 Å². The van der Waals surface area contributed by atoms with Gasteiger partial charge < -0.3 is 19.1 Å². The second-order valence-corrected chi connectivity index (χ2v) is 8.95. The Morgan fingerprint density at radius 1 is 1.09 bits per heavy atom. The van der Waals surface area contributed by atoms with E-state index < -0.39 is 23.4 Å². The van der Waals surface area contributed by atoms with Crippen LogP contribution in [0.1, 0.15) is 31.9 Å². The first kappa shape index (κ1) is 24.0. The zero-order valence-electron chi connectivity index (χ0n) is 18.0. The molecule has 0 unspecified atom stereocenters. The van der Waals surface area contributed by atoms with E-state index in [4.69, 9.17) is 25.8 Å². The van der Waals surface area contributed by atoms with Crippen LogP contribution in [0.25, 0.3) is 0 Å². The molecule has 0 atom stereocenters. The summed E-state index contributed by atoms with van der Waals surface area (Å²) in [5.41, 5.74) is -0.746. The van der Waals surface area contributed by atoms with Gasteiger partial charge in [-0.3, -0.25) is 0 Å². The van der Waals surface area contributed by atoms with Crippen molar-refractivity contribution in [1.82, 2.24) is 4.90 Å². The van der Waals surface area contributed by atoms with Crippen LogP contribution >= 0.6 is 11.6 Å². The number of amides is 1. The summed E-state index contributed by atoms with van der Waals surface area (Å²) >= 11 is 6.08. The number of ether oxygens (including phenoxy) is 3. The van der Waals surface area contributed by atoms with Gasteiger partial charge in [0.15, 0.2) is 11.5 Å². The molecule has 0 aliphatic carbocycles. The van der Waals surface area contributed by atoms with E-state index in [2.05, 4.69) is 0 Å². The highest BCUT2D eigenvalue weighted by Crippen LogP contribution is 2.33. The molecule has 174 valence electrons. The van der Waals surface area contributed by atoms with Crippen LogP contribution in [-0.2, 0) is 17.3 Å². The Morgan fingerprint density at radius 2 is 1.81 bits per heavy atom. The zero-order valence-corrected chi connectivity index (χ0v) is 18.8. The van der Waals surface area contributed by atoms with Gasteiger partial charge >= 0.3 is 12.3 Å². The van der Waals surface area contributed by atoms with Gasteiger partial charge in [0.1, 0.15) is 11.7 Å². The number of halogens is 4. The Bertz CT molecular complexity index is 953. The molecule has 0 radical (unpaired) electrons. The van der Waals surface area contributed by atoms with Crippen molar-refractivity contribution in [2.45, 2.75) is 45.1 Å². The molecule has 1 aliphatic heterocycles. The quantitative estimate of drug-likeness (QED) is 0.520. The van der Waals surface area contributed by atoms with Gasteiger partial charge in [0.2, 0.25) is 0 Å². The Hall–Kier alpha value is -2.61. The number of carbonyl (C=O) groups is 1. The summed E-state index contributed by atoms with van der Waals surface area (Å²) in [6, 6.07) is 10.0. The maximum Gasteiger partial charge on any atom is 0.416 e. The minimum atomic E-state index is -4.38. The number of alkyl halides is 3. The summed E-state index contributed by atoms with van der Waals surface area (Å²) in [6.07, 6.45) is -4.74. The van der Waals surface area contributed by atoms with E-state index in [1.54, 1.807) is 45.0 Å². The highest BCUT2D eigenvalue weighted by Gasteiger charge is 2.35. The van der Waals surface area contributed by atoms with Gasteiger partial charge in [-0.15, -0.1) is 0 Å². The van der Waals surface area contributed by atoms with Crippen molar-refractivity contribution in [1.29, 1.82) is 0 Å². The molecule has 0 spiro atoms. The lowest BCUT2D eigenvalue weighted by molar-refractivity contribution is -0.137. The first-order chi connectivity index (χ1) is 14.9. The Balaban J connectivity index is 1.55. The van der Waals surface area contributed by atoms with Gasteiger partial charge in [-0.05, 0) is 44.5 Å². The summed E-state index contributed by atoms with van der Waals surface area (Å²) in [5, 5.41) is 0.452. The lowest BCUT2D eigenvalue weighted by atomic mass is 10.1. The standard InChI is InChI=1S/C23H25ClF3NO4/c1-22(2,3)32-21(29)28-13-18(14-28)31-20-12-17(24)7-8-19(20)30-10-9-15-5-4-6-16(11-15)23(25,26)27/h4-8,11-12,18H,9-10,13-14H2,1-3H3. The molecule has 2 aromatic carbocycles. The second-order valence-electron chi connectivity index (χ2n) is 8.51. The molecule has 1 fully saturated rings. The molecule has 1 aliphatic rings. The van der Waals surface area contributed by atoms with Gasteiger partial charge in [-0.2, -0.15) is 13.2 Å². The molecule has 3 rings (SSSR count). The largest absolute Gasteiger partial charge is 0.489 e. The number of benzene rings is 2. The fraction of sp³-hybridized carbons (Fsp3) is 0.435. The van der Waals surface area contributed by atoms with Crippen LogP contribution in [0.5, 0.6) is 11.5 Å². The third-order valence-corrected chi connectivity index (χ3v) is 4.84. The Morgan fingerprint density at radius 3 is 2.47 bits per heavy atom. The van der Waals surface area contributed by atoms with Crippen LogP contribution in [-0.4, -0.2) is 42.4 Å². The van der Waals surface area contributed by atoms with Gasteiger partial charge in [0, 0.05) is 17.5 Å². The van der Waals surface area contributed by atoms with Crippen LogP contribution in [0.4, 0.5) is 18.0 Å². The number of nitrogens with zero attached hydrogens (tertiary/aromatic N) is 1. The third-order valence-electron chi connectivity index (χ3n) is 4.60. The third kappa shape index (κ3) is 6.69. The van der Waals surface area contributed by atoms with Crippen molar-refractivity contribution >= 4 is 17.7 Å². The number of likely N-dealkylation sites (tertiary alicyclic amines) is 1. The predicted molar refractivity (Wildman–Crippen MR) is 114 cm³/mol. The van der Waals surface area contributed by atoms with E-state index in [-0.39, 0.29) is 12.7 Å². The molecular formula is C23H25ClF3NO4. The molecule has 2 aromatic rings. The van der Waals surface area contributed by atoms with Crippen LogP contribution in [0.3, 0.4) is 0 Å².